The molecule has 3 heterocycles. The molecule has 1 aromatic carbocycles. The van der Waals surface area contributed by atoms with Crippen molar-refractivity contribution in [3.63, 3.8) is 0 Å². The van der Waals surface area contributed by atoms with Crippen LogP contribution in [-0.4, -0.2) is 60.4 Å². The molecule has 3 fully saturated rings. The van der Waals surface area contributed by atoms with Crippen LogP contribution in [0.1, 0.15) is 51.0 Å². The zero-order chi connectivity index (χ0) is 19.0. The van der Waals surface area contributed by atoms with Crippen molar-refractivity contribution in [2.45, 2.75) is 51.5 Å². The van der Waals surface area contributed by atoms with E-state index in [2.05, 4.69) is 30.9 Å². The first-order valence-corrected chi connectivity index (χ1v) is 10.5. The van der Waals surface area contributed by atoms with Crippen LogP contribution in [0.25, 0.3) is 0 Å². The monoisotopic (exact) mass is 369 g/mol. The lowest BCUT2D eigenvalue weighted by molar-refractivity contribution is -0.134. The van der Waals surface area contributed by atoms with Gasteiger partial charge >= 0.3 is 0 Å². The molecule has 2 atom stereocenters. The second kappa shape index (κ2) is 7.63. The Bertz CT molecular complexity index is 711. The lowest BCUT2D eigenvalue weighted by Crippen LogP contribution is -2.40. The summed E-state index contributed by atoms with van der Waals surface area (Å²) >= 11 is 0. The summed E-state index contributed by atoms with van der Waals surface area (Å²) in [5.41, 5.74) is 2.15. The molecule has 0 N–H and O–H groups in total. The zero-order valence-corrected chi connectivity index (χ0v) is 16.6. The van der Waals surface area contributed by atoms with E-state index in [1.165, 1.54) is 31.5 Å². The van der Waals surface area contributed by atoms with E-state index in [9.17, 15) is 9.59 Å². The van der Waals surface area contributed by atoms with Crippen LogP contribution in [0.2, 0.25) is 0 Å². The van der Waals surface area contributed by atoms with Crippen molar-refractivity contribution < 1.29 is 9.59 Å². The fraction of sp³-hybridized carbons (Fsp3) is 0.636. The number of anilines is 1. The highest BCUT2D eigenvalue weighted by atomic mass is 16.2. The number of hydrogen-bond donors (Lipinski definition) is 0. The van der Waals surface area contributed by atoms with E-state index in [1.807, 2.05) is 21.9 Å². The van der Waals surface area contributed by atoms with Crippen LogP contribution in [0.15, 0.2) is 24.3 Å². The number of amides is 2. The van der Waals surface area contributed by atoms with Gasteiger partial charge in [0.05, 0.1) is 5.92 Å². The average molecular weight is 370 g/mol. The number of carbonyl (C=O) groups excluding carboxylic acids is 2. The molecule has 0 aliphatic carbocycles. The van der Waals surface area contributed by atoms with Gasteiger partial charge in [-0.1, -0.05) is 26.0 Å². The van der Waals surface area contributed by atoms with Gasteiger partial charge in [-0.25, -0.2) is 0 Å². The average Bonchev–Trinajstić information content (AvgIpc) is 3.41. The Morgan fingerprint density at radius 1 is 1.11 bits per heavy atom. The number of nitrogens with zero attached hydrogens (tertiary/aromatic N) is 3. The van der Waals surface area contributed by atoms with E-state index < -0.39 is 0 Å². The fourth-order valence-electron chi connectivity index (χ4n) is 4.78. The van der Waals surface area contributed by atoms with Gasteiger partial charge in [0.2, 0.25) is 11.8 Å². The van der Waals surface area contributed by atoms with Gasteiger partial charge in [-0.3, -0.25) is 14.5 Å². The van der Waals surface area contributed by atoms with Crippen molar-refractivity contribution in [3.8, 4) is 0 Å². The summed E-state index contributed by atoms with van der Waals surface area (Å²) < 4.78 is 0. The smallest absolute Gasteiger partial charge is 0.228 e. The number of hydrogen-bond acceptors (Lipinski definition) is 3. The lowest BCUT2D eigenvalue weighted by atomic mass is 10.0. The second-order valence-corrected chi connectivity index (χ2v) is 8.62. The molecule has 3 aliphatic heterocycles. The minimum absolute atomic E-state index is 0.0737. The second-order valence-electron chi connectivity index (χ2n) is 8.62. The van der Waals surface area contributed by atoms with Gasteiger partial charge in [0, 0.05) is 37.8 Å². The Hall–Kier alpha value is -1.88. The molecule has 3 aliphatic rings. The van der Waals surface area contributed by atoms with E-state index >= 15 is 0 Å². The molecule has 0 saturated carbocycles. The minimum Gasteiger partial charge on any atom is -0.341 e. The molecular weight excluding hydrogens is 338 g/mol. The molecule has 5 nitrogen and oxygen atoms in total. The molecule has 0 spiro atoms. The van der Waals surface area contributed by atoms with Gasteiger partial charge < -0.3 is 9.80 Å². The highest BCUT2D eigenvalue weighted by molar-refractivity contribution is 6.00. The van der Waals surface area contributed by atoms with Crippen LogP contribution in [-0.2, 0) is 9.59 Å². The van der Waals surface area contributed by atoms with E-state index in [0.29, 0.717) is 24.9 Å². The maximum Gasteiger partial charge on any atom is 0.228 e. The van der Waals surface area contributed by atoms with Crippen molar-refractivity contribution in [1.82, 2.24) is 9.80 Å². The van der Waals surface area contributed by atoms with Gasteiger partial charge in [0.1, 0.15) is 0 Å². The summed E-state index contributed by atoms with van der Waals surface area (Å²) in [6.45, 7) is 8.86. The third-order valence-electron chi connectivity index (χ3n) is 6.45. The Labute approximate surface area is 162 Å². The van der Waals surface area contributed by atoms with Crippen LogP contribution in [0.4, 0.5) is 5.69 Å². The molecule has 0 bridgehead atoms. The summed E-state index contributed by atoms with van der Waals surface area (Å²) in [5, 5.41) is 0. The molecule has 146 valence electrons. The van der Waals surface area contributed by atoms with E-state index in [4.69, 9.17) is 0 Å². The fourth-order valence-corrected chi connectivity index (χ4v) is 4.78. The highest BCUT2D eigenvalue weighted by Crippen LogP contribution is 2.30. The van der Waals surface area contributed by atoms with E-state index in [0.717, 1.165) is 25.2 Å². The molecule has 0 aromatic heterocycles. The lowest BCUT2D eigenvalue weighted by Gasteiger charge is -2.25. The number of carbonyl (C=O) groups is 2. The van der Waals surface area contributed by atoms with Crippen molar-refractivity contribution in [3.05, 3.63) is 29.8 Å². The predicted octanol–water partition coefficient (Wildman–Crippen LogP) is 2.86. The third-order valence-corrected chi connectivity index (χ3v) is 6.45. The predicted molar refractivity (Wildman–Crippen MR) is 107 cm³/mol. The summed E-state index contributed by atoms with van der Waals surface area (Å²) in [4.78, 5) is 32.0. The van der Waals surface area contributed by atoms with Crippen molar-refractivity contribution in [1.29, 1.82) is 0 Å². The highest BCUT2D eigenvalue weighted by Gasteiger charge is 2.40. The molecule has 1 aromatic rings. The number of benzene rings is 1. The normalized spacial score (nSPS) is 26.6. The maximum absolute atomic E-state index is 13.0. The number of likely N-dealkylation sites (tertiary alicyclic amines) is 2. The molecule has 2 unspecified atom stereocenters. The van der Waals surface area contributed by atoms with Crippen LogP contribution in [0.5, 0.6) is 0 Å². The molecule has 0 radical (unpaired) electrons. The van der Waals surface area contributed by atoms with Gasteiger partial charge in [-0.05, 0) is 56.0 Å². The SMILES string of the molecule is CC(C)c1cccc(N2CC(C(=O)N3CCC(N4CCCC4)C3)CC2=O)c1. The molecular formula is C22H31N3O2. The zero-order valence-electron chi connectivity index (χ0n) is 16.6. The minimum atomic E-state index is -0.197. The summed E-state index contributed by atoms with van der Waals surface area (Å²) in [5.74, 6) is 0.474. The van der Waals surface area contributed by atoms with Gasteiger partial charge in [0.25, 0.3) is 0 Å². The van der Waals surface area contributed by atoms with Crippen LogP contribution in [0.3, 0.4) is 0 Å². The topological polar surface area (TPSA) is 43.9 Å². The Balaban J connectivity index is 1.40. The molecule has 27 heavy (non-hydrogen) atoms. The Morgan fingerprint density at radius 3 is 2.63 bits per heavy atom. The quantitative estimate of drug-likeness (QED) is 0.820. The number of rotatable bonds is 4. The molecule has 4 rings (SSSR count). The molecule has 2 amide bonds. The summed E-state index contributed by atoms with van der Waals surface area (Å²) in [6.07, 6.45) is 3.99. The van der Waals surface area contributed by atoms with Crippen LogP contribution >= 0.6 is 0 Å². The molecule has 5 heteroatoms. The van der Waals surface area contributed by atoms with Crippen molar-refractivity contribution >= 4 is 17.5 Å². The maximum atomic E-state index is 13.0. The largest absolute Gasteiger partial charge is 0.341 e. The van der Waals surface area contributed by atoms with Crippen molar-refractivity contribution in [2.24, 2.45) is 5.92 Å². The van der Waals surface area contributed by atoms with Crippen LogP contribution in [0, 0.1) is 5.92 Å². The van der Waals surface area contributed by atoms with E-state index in [1.54, 1.807) is 0 Å². The third kappa shape index (κ3) is 3.75. The summed E-state index contributed by atoms with van der Waals surface area (Å²) in [6, 6.07) is 8.70. The summed E-state index contributed by atoms with van der Waals surface area (Å²) in [7, 11) is 0. The Morgan fingerprint density at radius 2 is 1.89 bits per heavy atom. The standard InChI is InChI=1S/C22H31N3O2/c1-16(2)17-6-5-7-19(12-17)25-14-18(13-21(25)26)22(27)24-11-8-20(15-24)23-9-3-4-10-23/h5-7,12,16,18,20H,3-4,8-11,13-15H2,1-2H3. The Kier molecular flexibility index (Phi) is 5.22. The first-order valence-electron chi connectivity index (χ1n) is 10.5. The first kappa shape index (κ1) is 18.5. The van der Waals surface area contributed by atoms with Crippen molar-refractivity contribution in [2.75, 3.05) is 37.6 Å². The molecule has 3 saturated heterocycles. The van der Waals surface area contributed by atoms with Gasteiger partial charge in [-0.2, -0.15) is 0 Å². The first-order chi connectivity index (χ1) is 13.0. The van der Waals surface area contributed by atoms with Crippen LogP contribution < -0.4 is 4.90 Å². The van der Waals surface area contributed by atoms with Gasteiger partial charge in [-0.15, -0.1) is 0 Å². The van der Waals surface area contributed by atoms with Gasteiger partial charge in [0.15, 0.2) is 0 Å². The van der Waals surface area contributed by atoms with E-state index in [-0.39, 0.29) is 17.7 Å².